The summed E-state index contributed by atoms with van der Waals surface area (Å²) >= 11 is 1.93. The molecule has 0 radical (unpaired) electrons. The number of fused-ring (bicyclic) bond motifs is 1. The molecule has 2 aliphatic rings. The predicted octanol–water partition coefficient (Wildman–Crippen LogP) is 5.46. The first-order valence-corrected chi connectivity index (χ1v) is 12.9. The molecule has 0 bridgehead atoms. The van der Waals surface area contributed by atoms with Crippen LogP contribution in [0.15, 0.2) is 75.4 Å². The number of aryl methyl sites for hydroxylation is 1. The van der Waals surface area contributed by atoms with Gasteiger partial charge in [-0.3, -0.25) is 29.4 Å². The molecule has 1 N–H and O–H groups in total. The van der Waals surface area contributed by atoms with Gasteiger partial charge in [-0.1, -0.05) is 35.5 Å². The van der Waals surface area contributed by atoms with E-state index in [4.69, 9.17) is 9.47 Å². The van der Waals surface area contributed by atoms with Crippen LogP contribution < -0.4 is 14.8 Å². The van der Waals surface area contributed by atoms with E-state index in [2.05, 4.69) is 5.32 Å². The summed E-state index contributed by atoms with van der Waals surface area (Å²) in [4.78, 5) is 51.3. The molecule has 0 aliphatic carbocycles. The molecule has 0 spiro atoms. The molecule has 192 valence electrons. The minimum atomic E-state index is -0.651. The van der Waals surface area contributed by atoms with Crippen molar-refractivity contribution in [3.8, 4) is 11.5 Å². The summed E-state index contributed by atoms with van der Waals surface area (Å²) in [6.45, 7) is 1.56. The van der Waals surface area contributed by atoms with Gasteiger partial charge in [-0.05, 0) is 60.7 Å². The van der Waals surface area contributed by atoms with E-state index in [1.54, 1.807) is 30.3 Å². The molecular weight excluding hydrogens is 530 g/mol. The summed E-state index contributed by atoms with van der Waals surface area (Å²) in [6.07, 6.45) is 1.41. The van der Waals surface area contributed by atoms with Crippen LogP contribution in [0.25, 0.3) is 6.08 Å². The van der Waals surface area contributed by atoms with Crippen LogP contribution in [0.5, 0.6) is 11.5 Å². The Morgan fingerprint density at radius 3 is 2.63 bits per heavy atom. The number of amides is 3. The molecule has 1 saturated heterocycles. The van der Waals surface area contributed by atoms with Crippen LogP contribution >= 0.6 is 23.5 Å². The number of nitrogens with zero attached hydrogens (tertiary/aromatic N) is 2. The molecule has 1 fully saturated rings. The quantitative estimate of drug-likeness (QED) is 0.232. The van der Waals surface area contributed by atoms with Crippen LogP contribution in [0.4, 0.5) is 16.2 Å². The zero-order chi connectivity index (χ0) is 26.8. The van der Waals surface area contributed by atoms with Gasteiger partial charge >= 0.3 is 0 Å². The van der Waals surface area contributed by atoms with Crippen LogP contribution in [-0.2, 0) is 9.59 Å². The fourth-order valence-corrected chi connectivity index (χ4v) is 5.43. The lowest BCUT2D eigenvalue weighted by molar-refractivity contribution is -0.387. The minimum Gasteiger partial charge on any atom is -0.454 e. The Morgan fingerprint density at radius 1 is 1.11 bits per heavy atom. The Hall–Kier alpha value is -4.29. The normalized spacial score (nSPS) is 15.3. The lowest BCUT2D eigenvalue weighted by Gasteiger charge is -2.12. The van der Waals surface area contributed by atoms with E-state index in [0.717, 1.165) is 15.4 Å². The number of ether oxygens (including phenoxy) is 2. The van der Waals surface area contributed by atoms with Crippen molar-refractivity contribution >= 4 is 58.0 Å². The van der Waals surface area contributed by atoms with Crippen molar-refractivity contribution in [1.29, 1.82) is 0 Å². The van der Waals surface area contributed by atoms with Crippen molar-refractivity contribution in [2.45, 2.75) is 16.7 Å². The summed E-state index contributed by atoms with van der Waals surface area (Å²) in [6, 6.07) is 17.1. The van der Waals surface area contributed by atoms with Crippen molar-refractivity contribution in [3.05, 3.63) is 86.8 Å². The maximum absolute atomic E-state index is 12.9. The topological polar surface area (TPSA) is 128 Å². The Kier molecular flexibility index (Phi) is 7.07. The zero-order valence-corrected chi connectivity index (χ0v) is 21.5. The number of benzene rings is 3. The van der Waals surface area contributed by atoms with E-state index < -0.39 is 28.5 Å². The standard InChI is InChI=1S/C26H19N3O7S2/c1-15-2-6-18(7-3-15)37-22-9-4-16(10-19(22)29(33)34)11-23-25(31)28(26(32)38-23)13-24(30)27-17-5-8-20-21(12-17)36-14-35-20/h2-12H,13-14H2,1H3,(H,27,30)/b23-11-. The van der Waals surface area contributed by atoms with Gasteiger partial charge in [-0.15, -0.1) is 0 Å². The average molecular weight is 550 g/mol. The van der Waals surface area contributed by atoms with Gasteiger partial charge in [0, 0.05) is 22.7 Å². The number of hydrogen-bond donors (Lipinski definition) is 1. The fraction of sp³-hybridized carbons (Fsp3) is 0.115. The van der Waals surface area contributed by atoms with Crippen LogP contribution in [-0.4, -0.2) is 40.2 Å². The Balaban J connectivity index is 1.29. The molecule has 3 aromatic carbocycles. The largest absolute Gasteiger partial charge is 0.454 e. The van der Waals surface area contributed by atoms with Gasteiger partial charge < -0.3 is 14.8 Å². The Morgan fingerprint density at radius 2 is 1.87 bits per heavy atom. The highest BCUT2D eigenvalue weighted by molar-refractivity contribution is 8.18. The van der Waals surface area contributed by atoms with E-state index in [0.29, 0.717) is 39.4 Å². The van der Waals surface area contributed by atoms with Gasteiger partial charge in [0.2, 0.25) is 12.7 Å². The number of hydrogen-bond acceptors (Lipinski definition) is 9. The van der Waals surface area contributed by atoms with Crippen molar-refractivity contribution in [3.63, 3.8) is 0 Å². The molecular formula is C26H19N3O7S2. The maximum Gasteiger partial charge on any atom is 0.294 e. The number of nitrogens with one attached hydrogen (secondary N) is 1. The molecule has 3 amide bonds. The number of rotatable bonds is 7. The highest BCUT2D eigenvalue weighted by Gasteiger charge is 2.36. The van der Waals surface area contributed by atoms with Crippen molar-refractivity contribution < 1.29 is 28.8 Å². The molecule has 0 unspecified atom stereocenters. The van der Waals surface area contributed by atoms with Crippen LogP contribution in [0.3, 0.4) is 0 Å². The summed E-state index contributed by atoms with van der Waals surface area (Å²) in [5, 5.41) is 13.8. The molecule has 2 aliphatic heterocycles. The summed E-state index contributed by atoms with van der Waals surface area (Å²) < 4.78 is 10.5. The van der Waals surface area contributed by atoms with Gasteiger partial charge in [0.25, 0.3) is 16.8 Å². The molecule has 0 saturated carbocycles. The van der Waals surface area contributed by atoms with Crippen LogP contribution in [0.1, 0.15) is 11.1 Å². The third-order valence-corrected chi connectivity index (χ3v) is 7.54. The Labute approximate surface area is 225 Å². The van der Waals surface area contributed by atoms with Gasteiger partial charge in [-0.25, -0.2) is 0 Å². The molecule has 5 rings (SSSR count). The van der Waals surface area contributed by atoms with Gasteiger partial charge in [0.05, 0.1) is 14.7 Å². The molecule has 12 heteroatoms. The third kappa shape index (κ3) is 5.50. The smallest absolute Gasteiger partial charge is 0.294 e. The zero-order valence-electron chi connectivity index (χ0n) is 19.8. The molecule has 0 aromatic heterocycles. The van der Waals surface area contributed by atoms with Crippen LogP contribution in [0, 0.1) is 17.0 Å². The molecule has 0 atom stereocenters. The van der Waals surface area contributed by atoms with Gasteiger partial charge in [-0.2, -0.15) is 0 Å². The summed E-state index contributed by atoms with van der Waals surface area (Å²) in [5.74, 6) is -0.183. The van der Waals surface area contributed by atoms with Crippen molar-refractivity contribution in [1.82, 2.24) is 4.90 Å². The SMILES string of the molecule is Cc1ccc(Sc2ccc(/C=C3\SC(=O)N(CC(=O)Nc4ccc5c(c4)OCO5)C3=O)cc2[N+](=O)[O-])cc1. The fourth-order valence-electron chi connectivity index (χ4n) is 3.69. The second kappa shape index (κ2) is 10.6. The molecule has 10 nitrogen and oxygen atoms in total. The predicted molar refractivity (Wildman–Crippen MR) is 142 cm³/mol. The summed E-state index contributed by atoms with van der Waals surface area (Å²) in [5.41, 5.74) is 1.78. The monoisotopic (exact) mass is 549 g/mol. The molecule has 38 heavy (non-hydrogen) atoms. The van der Waals surface area contributed by atoms with Crippen molar-refractivity contribution in [2.75, 3.05) is 18.7 Å². The van der Waals surface area contributed by atoms with E-state index in [-0.39, 0.29) is 17.4 Å². The third-order valence-electron chi connectivity index (χ3n) is 5.56. The van der Waals surface area contributed by atoms with E-state index in [9.17, 15) is 24.5 Å². The van der Waals surface area contributed by atoms with Crippen molar-refractivity contribution in [2.24, 2.45) is 0 Å². The number of anilines is 1. The molecule has 2 heterocycles. The highest BCUT2D eigenvalue weighted by atomic mass is 32.2. The summed E-state index contributed by atoms with van der Waals surface area (Å²) in [7, 11) is 0. The van der Waals surface area contributed by atoms with E-state index in [1.807, 2.05) is 31.2 Å². The highest BCUT2D eigenvalue weighted by Crippen LogP contribution is 2.38. The number of carbonyl (C=O) groups is 3. The number of thioether (sulfide) groups is 1. The van der Waals surface area contributed by atoms with Gasteiger partial charge in [0.1, 0.15) is 6.54 Å². The number of imide groups is 1. The van der Waals surface area contributed by atoms with E-state index >= 15 is 0 Å². The average Bonchev–Trinajstić information content (AvgIpc) is 3.45. The molecule has 3 aromatic rings. The van der Waals surface area contributed by atoms with Gasteiger partial charge in [0.15, 0.2) is 11.5 Å². The number of nitro benzene ring substituents is 1. The van der Waals surface area contributed by atoms with E-state index in [1.165, 1.54) is 23.9 Å². The lowest BCUT2D eigenvalue weighted by Crippen LogP contribution is -2.36. The number of nitro groups is 1. The first kappa shape index (κ1) is 25.4. The second-order valence-corrected chi connectivity index (χ2v) is 10.4. The van der Waals surface area contributed by atoms with Crippen LogP contribution in [0.2, 0.25) is 0 Å². The second-order valence-electron chi connectivity index (χ2n) is 8.28. The lowest BCUT2D eigenvalue weighted by atomic mass is 10.2. The first-order valence-electron chi connectivity index (χ1n) is 11.2. The maximum atomic E-state index is 12.9. The Bertz CT molecular complexity index is 1510. The first-order chi connectivity index (χ1) is 18.3. The minimum absolute atomic E-state index is 0.0686. The number of carbonyl (C=O) groups excluding carboxylic acids is 3.